The van der Waals surface area contributed by atoms with Crippen LogP contribution in [0.15, 0.2) is 0 Å². The van der Waals surface area contributed by atoms with Gasteiger partial charge in [-0.05, 0) is 25.2 Å². The van der Waals surface area contributed by atoms with Gasteiger partial charge in [0.25, 0.3) is 0 Å². The third-order valence-electron chi connectivity index (χ3n) is 4.32. The van der Waals surface area contributed by atoms with Crippen molar-refractivity contribution in [3.8, 4) is 12.3 Å². The first-order valence-electron chi connectivity index (χ1n) is 9.02. The number of esters is 1. The van der Waals surface area contributed by atoms with Crippen molar-refractivity contribution in [1.29, 1.82) is 0 Å². The number of carbonyl (C=O) groups excluding carboxylic acids is 1. The van der Waals surface area contributed by atoms with E-state index in [0.717, 1.165) is 19.3 Å². The number of hydrogen-bond acceptors (Lipinski definition) is 5. The summed E-state index contributed by atoms with van der Waals surface area (Å²) in [5, 5.41) is 19.2. The number of aliphatic hydroxyl groups is 2. The molecule has 1 saturated heterocycles. The molecule has 2 N–H and O–H groups in total. The second-order valence-corrected chi connectivity index (χ2v) is 6.90. The smallest absolute Gasteiger partial charge is 0.308 e. The monoisotopic (exact) mass is 340 g/mol. The molecular formula is C19H32O5. The molecule has 0 aromatic carbocycles. The Morgan fingerprint density at radius 1 is 1.42 bits per heavy atom. The maximum absolute atomic E-state index is 11.6. The van der Waals surface area contributed by atoms with Crippen LogP contribution >= 0.6 is 0 Å². The topological polar surface area (TPSA) is 76.0 Å². The van der Waals surface area contributed by atoms with Gasteiger partial charge in [0.05, 0.1) is 18.6 Å². The molecule has 4 unspecified atom stereocenters. The summed E-state index contributed by atoms with van der Waals surface area (Å²) in [6, 6.07) is 0. The Morgan fingerprint density at radius 3 is 2.50 bits per heavy atom. The third kappa shape index (κ3) is 6.80. The third-order valence-corrected chi connectivity index (χ3v) is 4.32. The zero-order valence-corrected chi connectivity index (χ0v) is 15.1. The molecule has 1 aliphatic carbocycles. The second kappa shape index (κ2) is 10.7. The van der Waals surface area contributed by atoms with Crippen LogP contribution in [0.4, 0.5) is 0 Å². The van der Waals surface area contributed by atoms with E-state index in [-0.39, 0.29) is 24.6 Å². The summed E-state index contributed by atoms with van der Waals surface area (Å²) in [5.74, 6) is 2.53. The number of ether oxygens (including phenoxy) is 2. The fourth-order valence-electron chi connectivity index (χ4n) is 2.57. The normalized spacial score (nSPS) is 29.4. The van der Waals surface area contributed by atoms with E-state index in [1.807, 2.05) is 0 Å². The molecule has 0 amide bonds. The lowest BCUT2D eigenvalue weighted by atomic mass is 9.95. The van der Waals surface area contributed by atoms with Crippen LogP contribution in [-0.2, 0) is 14.3 Å². The highest BCUT2D eigenvalue weighted by atomic mass is 16.6. The highest BCUT2D eigenvalue weighted by Crippen LogP contribution is 2.40. The number of aliphatic hydroxyl groups excluding tert-OH is 2. The summed E-state index contributed by atoms with van der Waals surface area (Å²) in [6.07, 6.45) is 8.91. The van der Waals surface area contributed by atoms with Crippen LogP contribution in [-0.4, -0.2) is 47.2 Å². The number of unbranched alkanes of at least 4 members (excludes halogenated alkanes) is 2. The van der Waals surface area contributed by atoms with Crippen molar-refractivity contribution in [3.63, 3.8) is 0 Å². The van der Waals surface area contributed by atoms with Crippen LogP contribution in [0.25, 0.3) is 0 Å². The Labute approximate surface area is 145 Å². The van der Waals surface area contributed by atoms with E-state index in [0.29, 0.717) is 12.3 Å². The molecule has 5 nitrogen and oxygen atoms in total. The van der Waals surface area contributed by atoms with Gasteiger partial charge in [-0.25, -0.2) is 0 Å². The van der Waals surface area contributed by atoms with Crippen LogP contribution < -0.4 is 0 Å². The van der Waals surface area contributed by atoms with E-state index < -0.39 is 18.3 Å². The van der Waals surface area contributed by atoms with Gasteiger partial charge in [0.15, 0.2) is 0 Å². The van der Waals surface area contributed by atoms with Crippen LogP contribution in [0.1, 0.15) is 59.3 Å². The highest BCUT2D eigenvalue weighted by molar-refractivity contribution is 5.71. The van der Waals surface area contributed by atoms with Crippen molar-refractivity contribution in [2.45, 2.75) is 83.7 Å². The van der Waals surface area contributed by atoms with Crippen molar-refractivity contribution in [2.24, 2.45) is 11.8 Å². The minimum absolute atomic E-state index is 0.00416. The molecular weight excluding hydrogens is 308 g/mol. The van der Waals surface area contributed by atoms with Gasteiger partial charge in [-0.15, -0.1) is 12.3 Å². The Morgan fingerprint density at radius 2 is 2.08 bits per heavy atom. The average molecular weight is 340 g/mol. The molecule has 1 saturated carbocycles. The summed E-state index contributed by atoms with van der Waals surface area (Å²) in [4.78, 5) is 11.6. The molecule has 2 rings (SSSR count). The van der Waals surface area contributed by atoms with Crippen molar-refractivity contribution in [3.05, 3.63) is 0 Å². The summed E-state index contributed by atoms with van der Waals surface area (Å²) in [7, 11) is 0. The Kier molecular flexibility index (Phi) is 9.35. The first-order valence-corrected chi connectivity index (χ1v) is 9.02. The predicted octanol–water partition coefficient (Wildman–Crippen LogP) is 2.28. The molecule has 138 valence electrons. The summed E-state index contributed by atoms with van der Waals surface area (Å²) < 4.78 is 11.0. The summed E-state index contributed by atoms with van der Waals surface area (Å²) >= 11 is 0. The molecule has 1 aliphatic heterocycles. The molecule has 4 atom stereocenters. The van der Waals surface area contributed by atoms with Crippen LogP contribution in [0, 0.1) is 24.2 Å². The minimum Gasteiger partial charge on any atom is -0.459 e. The van der Waals surface area contributed by atoms with Gasteiger partial charge in [0.2, 0.25) is 0 Å². The zero-order valence-electron chi connectivity index (χ0n) is 15.1. The Hall–Kier alpha value is -1.09. The van der Waals surface area contributed by atoms with Crippen LogP contribution in [0.5, 0.6) is 0 Å². The fraction of sp³-hybridized carbons (Fsp3) is 0.842. The first-order chi connectivity index (χ1) is 11.4. The standard InChI is InChI=1S/C13H22O5.C6H10/c1-7(2)13(16)18-10-5-9(8-3-4-8)17-11(6-14)12(10)15;1-3-5-6-4-2/h7-12,14-15H,3-6H2,1-2H3;1H,4-6H2,2H3. The average Bonchev–Trinajstić information content (AvgIpc) is 3.40. The van der Waals surface area contributed by atoms with Gasteiger partial charge in [-0.3, -0.25) is 4.79 Å². The van der Waals surface area contributed by atoms with E-state index in [2.05, 4.69) is 12.8 Å². The van der Waals surface area contributed by atoms with E-state index in [4.69, 9.17) is 15.9 Å². The Balaban J connectivity index is 0.000000413. The molecule has 0 bridgehead atoms. The largest absolute Gasteiger partial charge is 0.459 e. The van der Waals surface area contributed by atoms with Crippen molar-refractivity contribution < 1.29 is 24.5 Å². The van der Waals surface area contributed by atoms with Gasteiger partial charge in [0, 0.05) is 12.8 Å². The molecule has 1 heterocycles. The lowest BCUT2D eigenvalue weighted by Gasteiger charge is -2.38. The number of hydrogen-bond donors (Lipinski definition) is 2. The van der Waals surface area contributed by atoms with Crippen molar-refractivity contribution >= 4 is 5.97 Å². The lowest BCUT2D eigenvalue weighted by molar-refractivity contribution is -0.204. The van der Waals surface area contributed by atoms with Gasteiger partial charge in [-0.2, -0.15) is 0 Å². The molecule has 0 spiro atoms. The molecule has 0 aromatic heterocycles. The summed E-state index contributed by atoms with van der Waals surface area (Å²) in [5.41, 5.74) is 0. The van der Waals surface area contributed by atoms with Crippen molar-refractivity contribution in [2.75, 3.05) is 6.61 Å². The van der Waals surface area contributed by atoms with E-state index in [9.17, 15) is 15.0 Å². The number of terminal acetylenes is 1. The SMILES string of the molecule is C#CCCCC.CC(C)C(=O)OC1CC(C2CC2)OC(CO)C1O. The molecule has 0 radical (unpaired) electrons. The predicted molar refractivity (Wildman–Crippen MR) is 92.2 cm³/mol. The fourth-order valence-corrected chi connectivity index (χ4v) is 2.57. The second-order valence-electron chi connectivity index (χ2n) is 6.90. The van der Waals surface area contributed by atoms with Crippen molar-refractivity contribution in [1.82, 2.24) is 0 Å². The summed E-state index contributed by atoms with van der Waals surface area (Å²) in [6.45, 7) is 5.41. The quantitative estimate of drug-likeness (QED) is 0.441. The van der Waals surface area contributed by atoms with E-state index in [1.165, 1.54) is 12.8 Å². The zero-order chi connectivity index (χ0) is 18.1. The van der Waals surface area contributed by atoms with Gasteiger partial charge in [0.1, 0.15) is 18.3 Å². The molecule has 2 fully saturated rings. The van der Waals surface area contributed by atoms with E-state index in [1.54, 1.807) is 13.8 Å². The highest BCUT2D eigenvalue weighted by Gasteiger charge is 2.45. The minimum atomic E-state index is -0.937. The maximum atomic E-state index is 11.6. The van der Waals surface area contributed by atoms with Gasteiger partial charge in [-0.1, -0.05) is 27.2 Å². The van der Waals surface area contributed by atoms with Gasteiger partial charge >= 0.3 is 5.97 Å². The Bertz CT molecular complexity index is 410. The maximum Gasteiger partial charge on any atom is 0.308 e. The molecule has 24 heavy (non-hydrogen) atoms. The first kappa shape index (κ1) is 21.0. The van der Waals surface area contributed by atoms with E-state index >= 15 is 0 Å². The molecule has 5 heteroatoms. The van der Waals surface area contributed by atoms with Crippen LogP contribution in [0.3, 0.4) is 0 Å². The number of carbonyl (C=O) groups is 1. The molecule has 0 aromatic rings. The number of rotatable bonds is 6. The molecule has 2 aliphatic rings. The van der Waals surface area contributed by atoms with Crippen LogP contribution in [0.2, 0.25) is 0 Å². The lowest BCUT2D eigenvalue weighted by Crippen LogP contribution is -2.52. The van der Waals surface area contributed by atoms with Gasteiger partial charge < -0.3 is 19.7 Å².